The lowest BCUT2D eigenvalue weighted by atomic mass is 10.1. The standard InChI is InChI=1S/C17H18N6O2.C2H3N/c1-12-9-16(19-21(12)2)13-3-5-14(6-4-13)23-11-15(25-17(23)24)10-22-8-7-18-20-22;1-2-3/h3-9,15H,10-11H2,1-2H3;1H3. The molecule has 0 radical (unpaired) electrons. The third-order valence-corrected chi connectivity index (χ3v) is 4.33. The van der Waals surface area contributed by atoms with E-state index in [1.807, 2.05) is 49.0 Å². The van der Waals surface area contributed by atoms with Gasteiger partial charge in [-0.3, -0.25) is 9.58 Å². The minimum Gasteiger partial charge on any atom is -0.442 e. The van der Waals surface area contributed by atoms with Crippen LogP contribution in [-0.4, -0.2) is 43.5 Å². The number of rotatable bonds is 4. The van der Waals surface area contributed by atoms with E-state index >= 15 is 0 Å². The van der Waals surface area contributed by atoms with Gasteiger partial charge in [-0.05, 0) is 25.1 Å². The fourth-order valence-corrected chi connectivity index (χ4v) is 2.88. The molecule has 1 saturated heterocycles. The second kappa shape index (κ2) is 8.35. The van der Waals surface area contributed by atoms with Crippen molar-refractivity contribution in [3.05, 3.63) is 48.4 Å². The molecule has 1 unspecified atom stereocenters. The highest BCUT2D eigenvalue weighted by molar-refractivity contribution is 5.90. The Morgan fingerprint density at radius 2 is 2.04 bits per heavy atom. The first-order valence-electron chi connectivity index (χ1n) is 8.76. The highest BCUT2D eigenvalue weighted by Gasteiger charge is 2.32. The van der Waals surface area contributed by atoms with Crippen molar-refractivity contribution in [3.8, 4) is 17.3 Å². The minimum absolute atomic E-state index is 0.243. The van der Waals surface area contributed by atoms with Gasteiger partial charge in [0, 0.05) is 37.1 Å². The van der Waals surface area contributed by atoms with Crippen molar-refractivity contribution < 1.29 is 9.53 Å². The van der Waals surface area contributed by atoms with Crippen LogP contribution in [0.3, 0.4) is 0 Å². The maximum Gasteiger partial charge on any atom is 0.414 e. The zero-order chi connectivity index (χ0) is 20.1. The number of nitriles is 1. The van der Waals surface area contributed by atoms with Gasteiger partial charge in [0.15, 0.2) is 0 Å². The maximum atomic E-state index is 12.2. The average molecular weight is 379 g/mol. The Bertz CT molecular complexity index is 951. The first-order chi connectivity index (χ1) is 13.5. The number of benzene rings is 1. The predicted octanol–water partition coefficient (Wildman–Crippen LogP) is 2.54. The Morgan fingerprint density at radius 1 is 1.32 bits per heavy atom. The van der Waals surface area contributed by atoms with E-state index < -0.39 is 0 Å². The van der Waals surface area contributed by atoms with Crippen LogP contribution in [0, 0.1) is 18.3 Å². The Labute approximate surface area is 162 Å². The molecular weight excluding hydrogens is 358 g/mol. The van der Waals surface area contributed by atoms with Crippen LogP contribution in [-0.2, 0) is 18.3 Å². The quantitative estimate of drug-likeness (QED) is 0.690. The average Bonchev–Trinajstić information content (AvgIpc) is 3.39. The molecule has 0 aliphatic carbocycles. The second-order valence-electron chi connectivity index (χ2n) is 6.31. The summed E-state index contributed by atoms with van der Waals surface area (Å²) in [5.41, 5.74) is 3.83. The molecule has 144 valence electrons. The van der Waals surface area contributed by atoms with Crippen molar-refractivity contribution in [1.82, 2.24) is 24.8 Å². The number of ether oxygens (including phenoxy) is 1. The molecule has 1 aliphatic heterocycles. The molecule has 3 heterocycles. The summed E-state index contributed by atoms with van der Waals surface area (Å²) in [6, 6.07) is 11.6. The summed E-state index contributed by atoms with van der Waals surface area (Å²) in [6.45, 7) is 4.43. The van der Waals surface area contributed by atoms with Crippen LogP contribution in [0.15, 0.2) is 42.7 Å². The van der Waals surface area contributed by atoms with Crippen LogP contribution in [0.25, 0.3) is 11.3 Å². The number of carbonyl (C=O) groups is 1. The summed E-state index contributed by atoms with van der Waals surface area (Å²) in [6.07, 6.45) is 2.77. The summed E-state index contributed by atoms with van der Waals surface area (Å²) in [7, 11) is 1.92. The van der Waals surface area contributed by atoms with Crippen molar-refractivity contribution in [2.45, 2.75) is 26.5 Å². The zero-order valence-electron chi connectivity index (χ0n) is 16.0. The molecule has 2 aromatic heterocycles. The molecule has 1 aromatic carbocycles. The number of hydrogen-bond acceptors (Lipinski definition) is 6. The molecule has 0 spiro atoms. The van der Waals surface area contributed by atoms with Crippen molar-refractivity contribution in [1.29, 1.82) is 5.26 Å². The highest BCUT2D eigenvalue weighted by Crippen LogP contribution is 2.26. The molecule has 1 aliphatic rings. The summed E-state index contributed by atoms with van der Waals surface area (Å²) in [5, 5.41) is 19.5. The number of nitrogens with zero attached hydrogens (tertiary/aromatic N) is 7. The lowest BCUT2D eigenvalue weighted by molar-refractivity contribution is 0.129. The van der Waals surface area contributed by atoms with Gasteiger partial charge in [-0.25, -0.2) is 9.48 Å². The summed E-state index contributed by atoms with van der Waals surface area (Å²) < 4.78 is 8.92. The second-order valence-corrected chi connectivity index (χ2v) is 6.31. The fraction of sp³-hybridized carbons (Fsp3) is 0.316. The van der Waals surface area contributed by atoms with Gasteiger partial charge in [-0.2, -0.15) is 10.4 Å². The van der Waals surface area contributed by atoms with Crippen LogP contribution in [0.1, 0.15) is 12.6 Å². The zero-order valence-corrected chi connectivity index (χ0v) is 16.0. The van der Waals surface area contributed by atoms with Gasteiger partial charge < -0.3 is 4.74 Å². The Hall–Kier alpha value is -3.67. The molecule has 9 heteroatoms. The lowest BCUT2D eigenvalue weighted by Crippen LogP contribution is -2.26. The van der Waals surface area contributed by atoms with E-state index in [1.165, 1.54) is 6.92 Å². The monoisotopic (exact) mass is 379 g/mol. The number of aryl methyl sites for hydroxylation is 2. The first-order valence-corrected chi connectivity index (χ1v) is 8.76. The Morgan fingerprint density at radius 3 is 2.61 bits per heavy atom. The van der Waals surface area contributed by atoms with E-state index in [2.05, 4.69) is 15.4 Å². The van der Waals surface area contributed by atoms with Gasteiger partial charge in [0.1, 0.15) is 6.10 Å². The van der Waals surface area contributed by atoms with E-state index in [0.29, 0.717) is 13.1 Å². The lowest BCUT2D eigenvalue weighted by Gasteiger charge is -2.13. The Balaban J connectivity index is 0.000000706. The van der Waals surface area contributed by atoms with Crippen LogP contribution in [0.2, 0.25) is 0 Å². The maximum absolute atomic E-state index is 12.2. The molecule has 0 N–H and O–H groups in total. The molecule has 1 fully saturated rings. The number of aromatic nitrogens is 5. The van der Waals surface area contributed by atoms with Crippen molar-refractivity contribution in [3.63, 3.8) is 0 Å². The molecule has 4 rings (SSSR count). The van der Waals surface area contributed by atoms with E-state index in [-0.39, 0.29) is 12.2 Å². The number of anilines is 1. The van der Waals surface area contributed by atoms with Gasteiger partial charge in [0.05, 0.1) is 31.0 Å². The molecule has 0 saturated carbocycles. The highest BCUT2D eigenvalue weighted by atomic mass is 16.6. The SMILES string of the molecule is CC#N.Cc1cc(-c2ccc(N3CC(Cn4ccnn4)OC3=O)cc2)nn1C. The third-order valence-electron chi connectivity index (χ3n) is 4.33. The predicted molar refractivity (Wildman–Crippen MR) is 102 cm³/mol. The molecule has 28 heavy (non-hydrogen) atoms. The van der Waals surface area contributed by atoms with E-state index in [4.69, 9.17) is 10.00 Å². The van der Waals surface area contributed by atoms with Crippen LogP contribution in [0.4, 0.5) is 10.5 Å². The van der Waals surface area contributed by atoms with Crippen LogP contribution >= 0.6 is 0 Å². The van der Waals surface area contributed by atoms with E-state index in [0.717, 1.165) is 22.6 Å². The molecular formula is C19H21N7O2. The Kier molecular flexibility index (Phi) is 5.69. The van der Waals surface area contributed by atoms with Gasteiger partial charge >= 0.3 is 6.09 Å². The summed E-state index contributed by atoms with van der Waals surface area (Å²) in [4.78, 5) is 13.8. The van der Waals surface area contributed by atoms with Gasteiger partial charge in [-0.1, -0.05) is 17.3 Å². The summed E-state index contributed by atoms with van der Waals surface area (Å²) >= 11 is 0. The van der Waals surface area contributed by atoms with Gasteiger partial charge in [-0.15, -0.1) is 5.10 Å². The largest absolute Gasteiger partial charge is 0.442 e. The summed E-state index contributed by atoms with van der Waals surface area (Å²) in [5.74, 6) is 0. The molecule has 3 aromatic rings. The number of cyclic esters (lactones) is 1. The molecule has 9 nitrogen and oxygen atoms in total. The van der Waals surface area contributed by atoms with Gasteiger partial charge in [0.25, 0.3) is 0 Å². The normalized spacial score (nSPS) is 15.6. The van der Waals surface area contributed by atoms with Crippen LogP contribution in [0.5, 0.6) is 0 Å². The third kappa shape index (κ3) is 4.17. The van der Waals surface area contributed by atoms with Crippen molar-refractivity contribution in [2.24, 2.45) is 7.05 Å². The number of hydrogen-bond donors (Lipinski definition) is 0. The van der Waals surface area contributed by atoms with Crippen molar-refractivity contribution in [2.75, 3.05) is 11.4 Å². The van der Waals surface area contributed by atoms with Gasteiger partial charge in [0.2, 0.25) is 0 Å². The van der Waals surface area contributed by atoms with Crippen LogP contribution < -0.4 is 4.90 Å². The molecule has 1 amide bonds. The number of amides is 1. The smallest absolute Gasteiger partial charge is 0.414 e. The minimum atomic E-state index is -0.341. The fourth-order valence-electron chi connectivity index (χ4n) is 2.88. The molecule has 1 atom stereocenters. The molecule has 0 bridgehead atoms. The first kappa shape index (κ1) is 19.1. The topological polar surface area (TPSA) is 102 Å². The van der Waals surface area contributed by atoms with Crippen molar-refractivity contribution >= 4 is 11.8 Å². The van der Waals surface area contributed by atoms with E-state index in [1.54, 1.807) is 28.0 Å². The van der Waals surface area contributed by atoms with E-state index in [9.17, 15) is 4.79 Å². The number of carbonyl (C=O) groups excluding carboxylic acids is 1.